The Hall–Kier alpha value is -1.00. The zero-order valence-electron chi connectivity index (χ0n) is 10.1. The van der Waals surface area contributed by atoms with Crippen molar-refractivity contribution in [3.63, 3.8) is 0 Å². The number of aliphatic hydroxyl groups excluding tert-OH is 1. The Morgan fingerprint density at radius 2 is 2.18 bits per heavy atom. The van der Waals surface area contributed by atoms with Crippen molar-refractivity contribution in [2.75, 3.05) is 0 Å². The van der Waals surface area contributed by atoms with Gasteiger partial charge in [-0.3, -0.25) is 4.98 Å². The summed E-state index contributed by atoms with van der Waals surface area (Å²) < 4.78 is 12.7. The summed E-state index contributed by atoms with van der Waals surface area (Å²) in [6, 6.07) is 3.26. The fourth-order valence-electron chi connectivity index (χ4n) is 2.36. The third-order valence-electron chi connectivity index (χ3n) is 3.39. The molecular weight excluding hydrogens is 219 g/mol. The maximum absolute atomic E-state index is 12.7. The molecule has 94 valence electrons. The summed E-state index contributed by atoms with van der Waals surface area (Å²) in [6.07, 6.45) is 5.06. The Morgan fingerprint density at radius 1 is 1.41 bits per heavy atom. The van der Waals surface area contributed by atoms with Crippen LogP contribution in [0, 0.1) is 5.82 Å². The van der Waals surface area contributed by atoms with Crippen molar-refractivity contribution in [2.45, 2.75) is 50.8 Å². The van der Waals surface area contributed by atoms with Crippen molar-refractivity contribution in [1.29, 1.82) is 0 Å². The van der Waals surface area contributed by atoms with Crippen LogP contribution >= 0.6 is 0 Å². The lowest BCUT2D eigenvalue weighted by molar-refractivity contribution is 0.0857. The number of aliphatic hydroxyl groups is 1. The number of nitrogens with zero attached hydrogens (tertiary/aromatic N) is 1. The highest BCUT2D eigenvalue weighted by Gasteiger charge is 2.24. The van der Waals surface area contributed by atoms with Gasteiger partial charge in [0.2, 0.25) is 0 Å². The van der Waals surface area contributed by atoms with E-state index < -0.39 is 0 Å². The largest absolute Gasteiger partial charge is 0.392 e. The number of rotatable bonds is 3. The van der Waals surface area contributed by atoms with Crippen LogP contribution in [0.5, 0.6) is 0 Å². The first-order valence-corrected chi connectivity index (χ1v) is 6.22. The molecule has 1 aromatic heterocycles. The molecule has 3 atom stereocenters. The van der Waals surface area contributed by atoms with Gasteiger partial charge in [-0.15, -0.1) is 0 Å². The van der Waals surface area contributed by atoms with E-state index in [1.54, 1.807) is 6.07 Å². The zero-order chi connectivity index (χ0) is 12.3. The molecule has 17 heavy (non-hydrogen) atoms. The standard InChI is InChI=1S/C13H19FN2O/c1-9(11-7-6-10(14)8-15-11)16-12-4-2-3-5-13(12)17/h6-9,12-13,16-17H,2-5H2,1H3. The molecule has 0 amide bonds. The minimum Gasteiger partial charge on any atom is -0.392 e. The number of nitrogens with one attached hydrogen (secondary N) is 1. The lowest BCUT2D eigenvalue weighted by atomic mass is 9.92. The average Bonchev–Trinajstić information content (AvgIpc) is 2.33. The summed E-state index contributed by atoms with van der Waals surface area (Å²) >= 11 is 0. The summed E-state index contributed by atoms with van der Waals surface area (Å²) in [5.41, 5.74) is 0.809. The monoisotopic (exact) mass is 238 g/mol. The summed E-state index contributed by atoms with van der Waals surface area (Å²) in [6.45, 7) is 1.99. The third-order valence-corrected chi connectivity index (χ3v) is 3.39. The van der Waals surface area contributed by atoms with Gasteiger partial charge >= 0.3 is 0 Å². The SMILES string of the molecule is CC(NC1CCCCC1O)c1ccc(F)cn1. The molecule has 0 aromatic carbocycles. The number of halogens is 1. The van der Waals surface area contributed by atoms with Crippen molar-refractivity contribution in [3.8, 4) is 0 Å². The van der Waals surface area contributed by atoms with E-state index in [2.05, 4.69) is 10.3 Å². The van der Waals surface area contributed by atoms with Crippen molar-refractivity contribution >= 4 is 0 Å². The predicted molar refractivity (Wildman–Crippen MR) is 64.0 cm³/mol. The molecule has 1 aliphatic rings. The van der Waals surface area contributed by atoms with E-state index in [-0.39, 0.29) is 24.0 Å². The van der Waals surface area contributed by atoms with Crippen LogP contribution in [0.1, 0.15) is 44.3 Å². The highest BCUT2D eigenvalue weighted by molar-refractivity contribution is 5.09. The van der Waals surface area contributed by atoms with Gasteiger partial charge in [-0.05, 0) is 31.9 Å². The second-order valence-corrected chi connectivity index (χ2v) is 4.75. The van der Waals surface area contributed by atoms with E-state index in [4.69, 9.17) is 0 Å². The van der Waals surface area contributed by atoms with Crippen LogP contribution < -0.4 is 5.32 Å². The van der Waals surface area contributed by atoms with E-state index in [9.17, 15) is 9.50 Å². The molecule has 0 bridgehead atoms. The second kappa shape index (κ2) is 5.56. The lowest BCUT2D eigenvalue weighted by Gasteiger charge is -2.31. The zero-order valence-corrected chi connectivity index (χ0v) is 10.1. The fourth-order valence-corrected chi connectivity index (χ4v) is 2.36. The van der Waals surface area contributed by atoms with Crippen molar-refractivity contribution in [1.82, 2.24) is 10.3 Å². The highest BCUT2D eigenvalue weighted by Crippen LogP contribution is 2.21. The Kier molecular flexibility index (Phi) is 4.07. The molecule has 1 fully saturated rings. The maximum atomic E-state index is 12.7. The van der Waals surface area contributed by atoms with Gasteiger partial charge in [-0.2, -0.15) is 0 Å². The Bertz CT molecular complexity index is 355. The average molecular weight is 238 g/mol. The fraction of sp³-hybridized carbons (Fsp3) is 0.615. The number of hydrogen-bond acceptors (Lipinski definition) is 3. The van der Waals surface area contributed by atoms with Gasteiger partial charge in [0, 0.05) is 12.1 Å². The van der Waals surface area contributed by atoms with Gasteiger partial charge in [0.05, 0.1) is 18.0 Å². The van der Waals surface area contributed by atoms with Crippen LogP contribution in [0.15, 0.2) is 18.3 Å². The second-order valence-electron chi connectivity index (χ2n) is 4.75. The van der Waals surface area contributed by atoms with Crippen molar-refractivity contribution < 1.29 is 9.50 Å². The Labute approximate surface area is 101 Å². The molecule has 3 unspecified atom stereocenters. The van der Waals surface area contributed by atoms with Gasteiger partial charge in [-0.1, -0.05) is 12.8 Å². The summed E-state index contributed by atoms with van der Waals surface area (Å²) in [4.78, 5) is 4.05. The Morgan fingerprint density at radius 3 is 2.82 bits per heavy atom. The van der Waals surface area contributed by atoms with E-state index in [0.29, 0.717) is 0 Å². The lowest BCUT2D eigenvalue weighted by Crippen LogP contribution is -2.43. The molecule has 0 radical (unpaired) electrons. The molecule has 1 saturated carbocycles. The van der Waals surface area contributed by atoms with Gasteiger partial charge < -0.3 is 10.4 Å². The predicted octanol–water partition coefficient (Wildman–Crippen LogP) is 2.17. The van der Waals surface area contributed by atoms with Crippen LogP contribution in [0.3, 0.4) is 0 Å². The van der Waals surface area contributed by atoms with Gasteiger partial charge in [0.25, 0.3) is 0 Å². The van der Waals surface area contributed by atoms with Gasteiger partial charge in [-0.25, -0.2) is 4.39 Å². The van der Waals surface area contributed by atoms with Crippen LogP contribution in [-0.4, -0.2) is 22.2 Å². The normalized spacial score (nSPS) is 26.8. The molecule has 1 aromatic rings. The first-order valence-electron chi connectivity index (χ1n) is 6.22. The molecule has 1 heterocycles. The van der Waals surface area contributed by atoms with E-state index >= 15 is 0 Å². The minimum absolute atomic E-state index is 0.0355. The number of aromatic nitrogens is 1. The Balaban J connectivity index is 1.95. The molecule has 4 heteroatoms. The molecule has 0 spiro atoms. The van der Waals surface area contributed by atoms with E-state index in [1.807, 2.05) is 6.92 Å². The van der Waals surface area contributed by atoms with Crippen molar-refractivity contribution in [3.05, 3.63) is 29.8 Å². The number of pyridine rings is 1. The highest BCUT2D eigenvalue weighted by atomic mass is 19.1. The molecule has 0 aliphatic heterocycles. The molecule has 2 N–H and O–H groups in total. The first kappa shape index (κ1) is 12.5. The van der Waals surface area contributed by atoms with Crippen LogP contribution in [0.2, 0.25) is 0 Å². The molecule has 1 aliphatic carbocycles. The van der Waals surface area contributed by atoms with Crippen LogP contribution in [-0.2, 0) is 0 Å². The summed E-state index contributed by atoms with van der Waals surface area (Å²) in [7, 11) is 0. The molecule has 0 saturated heterocycles. The summed E-state index contributed by atoms with van der Waals surface area (Å²) in [5, 5.41) is 13.2. The van der Waals surface area contributed by atoms with Gasteiger partial charge in [0.1, 0.15) is 5.82 Å². The quantitative estimate of drug-likeness (QED) is 0.848. The maximum Gasteiger partial charge on any atom is 0.141 e. The molecule has 2 rings (SSSR count). The van der Waals surface area contributed by atoms with Crippen LogP contribution in [0.4, 0.5) is 4.39 Å². The van der Waals surface area contributed by atoms with Gasteiger partial charge in [0.15, 0.2) is 0 Å². The smallest absolute Gasteiger partial charge is 0.141 e. The molecular formula is C13H19FN2O. The minimum atomic E-state index is -0.321. The van der Waals surface area contributed by atoms with E-state index in [1.165, 1.54) is 12.3 Å². The third kappa shape index (κ3) is 3.23. The van der Waals surface area contributed by atoms with E-state index in [0.717, 1.165) is 31.4 Å². The van der Waals surface area contributed by atoms with Crippen molar-refractivity contribution in [2.24, 2.45) is 0 Å². The summed E-state index contributed by atoms with van der Waals surface area (Å²) in [5.74, 6) is -0.321. The topological polar surface area (TPSA) is 45.1 Å². The van der Waals surface area contributed by atoms with Crippen LogP contribution in [0.25, 0.3) is 0 Å². The first-order chi connectivity index (χ1) is 8.16. The number of hydrogen-bond donors (Lipinski definition) is 2. The molecule has 3 nitrogen and oxygen atoms in total.